The van der Waals surface area contributed by atoms with Crippen LogP contribution < -0.4 is 0 Å². The molecule has 0 saturated carbocycles. The summed E-state index contributed by atoms with van der Waals surface area (Å²) in [4.78, 5) is 10.4. The molecule has 38 heavy (non-hydrogen) atoms. The Labute approximate surface area is 217 Å². The Bertz CT molecular complexity index is 2320. The van der Waals surface area contributed by atoms with E-state index in [2.05, 4.69) is 100 Å². The molecule has 0 bridgehead atoms. The van der Waals surface area contributed by atoms with Crippen LogP contribution in [0.15, 0.2) is 121 Å². The van der Waals surface area contributed by atoms with E-state index in [1.165, 1.54) is 38.0 Å². The van der Waals surface area contributed by atoms with Crippen molar-refractivity contribution in [1.29, 1.82) is 0 Å². The second kappa shape index (κ2) is 7.17. The molecule has 0 amide bonds. The number of nitrogens with zero attached hydrogens (tertiary/aromatic N) is 4. The molecule has 176 valence electrons. The minimum atomic E-state index is 0.843. The van der Waals surface area contributed by atoms with E-state index in [1.54, 1.807) is 0 Å². The lowest BCUT2D eigenvalue weighted by Crippen LogP contribution is -2.03. The average molecular weight is 485 g/mol. The summed E-state index contributed by atoms with van der Waals surface area (Å²) in [6.07, 6.45) is 2.20. The van der Waals surface area contributed by atoms with E-state index in [-0.39, 0.29) is 0 Å². The Kier molecular flexibility index (Phi) is 3.76. The first-order valence-electron chi connectivity index (χ1n) is 12.9. The van der Waals surface area contributed by atoms with Gasteiger partial charge in [0.05, 0.1) is 33.1 Å². The normalized spacial score (nSPS) is 12.2. The van der Waals surface area contributed by atoms with Crippen LogP contribution in [0.1, 0.15) is 0 Å². The number of hydrogen-bond acceptors (Lipinski definition) is 2. The van der Waals surface area contributed by atoms with Crippen LogP contribution in [0.2, 0.25) is 0 Å². The number of rotatable bonds is 2. The average Bonchev–Trinajstić information content (AvgIpc) is 3.53. The van der Waals surface area contributed by atoms with Gasteiger partial charge in [-0.1, -0.05) is 78.9 Å². The molecule has 9 rings (SSSR count). The third kappa shape index (κ3) is 2.49. The van der Waals surface area contributed by atoms with Gasteiger partial charge < -0.3 is 4.40 Å². The van der Waals surface area contributed by atoms with Gasteiger partial charge in [0.15, 0.2) is 5.82 Å². The summed E-state index contributed by atoms with van der Waals surface area (Å²) >= 11 is 0. The van der Waals surface area contributed by atoms with Crippen molar-refractivity contribution in [3.8, 4) is 17.1 Å². The minimum Gasteiger partial charge on any atom is -0.315 e. The Morgan fingerprint density at radius 2 is 1.18 bits per heavy atom. The second-order valence-electron chi connectivity index (χ2n) is 9.89. The maximum absolute atomic E-state index is 5.26. The van der Waals surface area contributed by atoms with Crippen molar-refractivity contribution in [2.75, 3.05) is 0 Å². The van der Waals surface area contributed by atoms with Crippen molar-refractivity contribution in [2.45, 2.75) is 0 Å². The molecular formula is C34H20N4. The van der Waals surface area contributed by atoms with Crippen LogP contribution in [0.25, 0.3) is 77.1 Å². The highest BCUT2D eigenvalue weighted by Crippen LogP contribution is 2.42. The van der Waals surface area contributed by atoms with E-state index >= 15 is 0 Å². The SMILES string of the molecule is c1ccc(-c2nc3ccccc3nc2-n2c3cccc4c5cccc6ccn(c7cccc2c7c43)c65)cc1. The van der Waals surface area contributed by atoms with Crippen molar-refractivity contribution in [1.82, 2.24) is 18.9 Å². The molecule has 0 atom stereocenters. The molecule has 0 fully saturated rings. The number of aromatic nitrogens is 4. The summed E-state index contributed by atoms with van der Waals surface area (Å²) in [6, 6.07) is 40.6. The molecule has 0 saturated heterocycles. The lowest BCUT2D eigenvalue weighted by Gasteiger charge is -2.14. The molecular weight excluding hydrogens is 464 g/mol. The van der Waals surface area contributed by atoms with Crippen LogP contribution in [0, 0.1) is 0 Å². The predicted molar refractivity (Wildman–Crippen MR) is 156 cm³/mol. The van der Waals surface area contributed by atoms with E-state index in [1.807, 2.05) is 30.3 Å². The van der Waals surface area contributed by atoms with Gasteiger partial charge in [0.1, 0.15) is 5.69 Å². The van der Waals surface area contributed by atoms with Gasteiger partial charge in [-0.05, 0) is 41.8 Å². The lowest BCUT2D eigenvalue weighted by atomic mass is 10.0. The number of fused-ring (bicyclic) bond motifs is 3. The number of hydrogen-bond donors (Lipinski definition) is 0. The molecule has 0 aliphatic rings. The molecule has 0 radical (unpaired) electrons. The van der Waals surface area contributed by atoms with Crippen LogP contribution in [-0.2, 0) is 0 Å². The lowest BCUT2D eigenvalue weighted by molar-refractivity contribution is 1.08. The summed E-state index contributed by atoms with van der Waals surface area (Å²) in [5.41, 5.74) is 8.40. The van der Waals surface area contributed by atoms with Gasteiger partial charge >= 0.3 is 0 Å². The molecule has 9 aromatic rings. The van der Waals surface area contributed by atoms with Gasteiger partial charge in [-0.2, -0.15) is 0 Å². The summed E-state index contributed by atoms with van der Waals surface area (Å²) in [6.45, 7) is 0. The van der Waals surface area contributed by atoms with Gasteiger partial charge in [0.25, 0.3) is 0 Å². The highest BCUT2D eigenvalue weighted by molar-refractivity contribution is 6.28. The highest BCUT2D eigenvalue weighted by atomic mass is 15.1. The highest BCUT2D eigenvalue weighted by Gasteiger charge is 2.22. The number of benzene rings is 5. The maximum atomic E-state index is 5.26. The molecule has 0 aliphatic carbocycles. The van der Waals surface area contributed by atoms with Crippen molar-refractivity contribution in [3.63, 3.8) is 0 Å². The van der Waals surface area contributed by atoms with Crippen LogP contribution in [-0.4, -0.2) is 18.9 Å². The monoisotopic (exact) mass is 484 g/mol. The molecule has 0 unspecified atom stereocenters. The van der Waals surface area contributed by atoms with E-state index in [0.717, 1.165) is 39.1 Å². The Hall–Kier alpha value is -5.22. The molecule has 0 spiro atoms. The Balaban J connectivity index is 1.55. The smallest absolute Gasteiger partial charge is 0.165 e. The van der Waals surface area contributed by atoms with E-state index in [9.17, 15) is 0 Å². The van der Waals surface area contributed by atoms with Crippen LogP contribution >= 0.6 is 0 Å². The quantitative estimate of drug-likeness (QED) is 0.247. The first kappa shape index (κ1) is 19.9. The maximum Gasteiger partial charge on any atom is 0.165 e. The summed E-state index contributed by atoms with van der Waals surface area (Å²) < 4.78 is 4.66. The van der Waals surface area contributed by atoms with Crippen LogP contribution in [0.5, 0.6) is 0 Å². The zero-order valence-corrected chi connectivity index (χ0v) is 20.3. The molecule has 0 N–H and O–H groups in total. The van der Waals surface area contributed by atoms with E-state index < -0.39 is 0 Å². The molecule has 5 aromatic carbocycles. The molecule has 4 aromatic heterocycles. The fourth-order valence-corrected chi connectivity index (χ4v) is 6.29. The zero-order valence-electron chi connectivity index (χ0n) is 20.3. The van der Waals surface area contributed by atoms with Gasteiger partial charge in [0, 0.05) is 33.3 Å². The largest absolute Gasteiger partial charge is 0.315 e. The third-order valence-corrected chi connectivity index (χ3v) is 7.87. The van der Waals surface area contributed by atoms with Gasteiger partial charge in [-0.15, -0.1) is 0 Å². The molecule has 4 heterocycles. The fraction of sp³-hybridized carbons (Fsp3) is 0. The van der Waals surface area contributed by atoms with Crippen LogP contribution in [0.4, 0.5) is 0 Å². The number of para-hydroxylation sites is 3. The molecule has 4 heteroatoms. The predicted octanol–water partition coefficient (Wildman–Crippen LogP) is 8.39. The van der Waals surface area contributed by atoms with Gasteiger partial charge in [0.2, 0.25) is 0 Å². The summed E-state index contributed by atoms with van der Waals surface area (Å²) in [7, 11) is 0. The zero-order chi connectivity index (χ0) is 24.8. The van der Waals surface area contributed by atoms with E-state index in [4.69, 9.17) is 9.97 Å². The van der Waals surface area contributed by atoms with Crippen molar-refractivity contribution >= 4 is 60.0 Å². The first-order valence-corrected chi connectivity index (χ1v) is 12.9. The van der Waals surface area contributed by atoms with Gasteiger partial charge in [-0.25, -0.2) is 9.97 Å². The summed E-state index contributed by atoms with van der Waals surface area (Å²) in [5, 5.41) is 6.24. The van der Waals surface area contributed by atoms with Gasteiger partial charge in [-0.3, -0.25) is 4.57 Å². The molecule has 4 nitrogen and oxygen atoms in total. The van der Waals surface area contributed by atoms with Crippen molar-refractivity contribution < 1.29 is 0 Å². The summed E-state index contributed by atoms with van der Waals surface area (Å²) in [5.74, 6) is 0.843. The minimum absolute atomic E-state index is 0.843. The topological polar surface area (TPSA) is 35.1 Å². The van der Waals surface area contributed by atoms with Crippen molar-refractivity contribution in [3.05, 3.63) is 121 Å². The standard InChI is InChI=1S/C34H20N4/c1-2-9-21(10-3-1)32-34(36-26-15-5-4-14-25(26)35-32)38-28-17-7-12-23-24-13-6-11-22-19-20-37(33(22)24)27-16-8-18-29(38)31(27)30(23)28/h1-20H. The van der Waals surface area contributed by atoms with Crippen molar-refractivity contribution in [2.24, 2.45) is 0 Å². The Morgan fingerprint density at radius 3 is 2.05 bits per heavy atom. The Morgan fingerprint density at radius 1 is 0.500 bits per heavy atom. The van der Waals surface area contributed by atoms with Crippen LogP contribution in [0.3, 0.4) is 0 Å². The third-order valence-electron chi connectivity index (χ3n) is 7.87. The first-order chi connectivity index (χ1) is 18.9. The van der Waals surface area contributed by atoms with E-state index in [0.29, 0.717) is 0 Å². The fourth-order valence-electron chi connectivity index (χ4n) is 6.29. The molecule has 0 aliphatic heterocycles. The second-order valence-corrected chi connectivity index (χ2v) is 9.89.